The van der Waals surface area contributed by atoms with Crippen molar-refractivity contribution in [3.63, 3.8) is 0 Å². The quantitative estimate of drug-likeness (QED) is 0.768. The fourth-order valence-electron chi connectivity index (χ4n) is 1.62. The van der Waals surface area contributed by atoms with Crippen molar-refractivity contribution in [1.82, 2.24) is 0 Å². The van der Waals surface area contributed by atoms with Crippen LogP contribution in [0.4, 0.5) is 0 Å². The monoisotopic (exact) mass is 294 g/mol. The summed E-state index contributed by atoms with van der Waals surface area (Å²) >= 11 is 11.6. The molecule has 0 bridgehead atoms. The molecule has 0 aliphatic carbocycles. The lowest BCUT2D eigenvalue weighted by Gasteiger charge is -2.13. The number of hydrogen-bond donors (Lipinski definition) is 0. The summed E-state index contributed by atoms with van der Waals surface area (Å²) in [4.78, 5) is 12.1. The highest BCUT2D eigenvalue weighted by molar-refractivity contribution is 6.30. The fraction of sp³-hybridized carbons (Fsp3) is 0.133. The summed E-state index contributed by atoms with van der Waals surface area (Å²) in [6.45, 7) is 1.71. The first kappa shape index (κ1) is 13.9. The normalized spacial score (nSPS) is 11.9. The van der Waals surface area contributed by atoms with Crippen LogP contribution in [0.5, 0.6) is 5.75 Å². The van der Waals surface area contributed by atoms with E-state index in [1.165, 1.54) is 0 Å². The number of Topliss-reactive ketones (excluding diaryl/α,β-unsaturated/α-hetero) is 1. The van der Waals surface area contributed by atoms with Crippen LogP contribution in [0.15, 0.2) is 48.5 Å². The molecule has 0 N–H and O–H groups in total. The smallest absolute Gasteiger partial charge is 0.202 e. The molecule has 4 heteroatoms. The second-order valence-electron chi connectivity index (χ2n) is 4.09. The minimum atomic E-state index is -0.567. The van der Waals surface area contributed by atoms with E-state index in [1.807, 2.05) is 0 Å². The van der Waals surface area contributed by atoms with E-state index in [4.69, 9.17) is 27.9 Å². The van der Waals surface area contributed by atoms with Gasteiger partial charge in [0.25, 0.3) is 0 Å². The first-order valence-corrected chi connectivity index (χ1v) is 6.54. The number of halogens is 2. The zero-order valence-electron chi connectivity index (χ0n) is 10.3. The van der Waals surface area contributed by atoms with Crippen molar-refractivity contribution in [2.24, 2.45) is 0 Å². The molecular weight excluding hydrogens is 283 g/mol. The molecular formula is C15H12Cl2O2. The highest BCUT2D eigenvalue weighted by Crippen LogP contribution is 2.18. The highest BCUT2D eigenvalue weighted by atomic mass is 35.5. The molecule has 2 aromatic rings. The number of hydrogen-bond acceptors (Lipinski definition) is 2. The van der Waals surface area contributed by atoms with Crippen LogP contribution < -0.4 is 4.74 Å². The highest BCUT2D eigenvalue weighted by Gasteiger charge is 2.16. The van der Waals surface area contributed by atoms with Crippen LogP contribution in [0, 0.1) is 0 Å². The van der Waals surface area contributed by atoms with Crippen LogP contribution in [0.2, 0.25) is 10.0 Å². The Labute approximate surface area is 121 Å². The number of ketones is 1. The summed E-state index contributed by atoms with van der Waals surface area (Å²) in [6, 6.07) is 13.6. The van der Waals surface area contributed by atoms with Gasteiger partial charge >= 0.3 is 0 Å². The molecule has 2 nitrogen and oxygen atoms in total. The second-order valence-corrected chi connectivity index (χ2v) is 4.96. The van der Waals surface area contributed by atoms with Crippen molar-refractivity contribution >= 4 is 29.0 Å². The number of rotatable bonds is 4. The van der Waals surface area contributed by atoms with E-state index >= 15 is 0 Å². The summed E-state index contributed by atoms with van der Waals surface area (Å²) in [5.74, 6) is 0.519. The topological polar surface area (TPSA) is 26.3 Å². The van der Waals surface area contributed by atoms with Gasteiger partial charge in [0.15, 0.2) is 6.10 Å². The average Bonchev–Trinajstić information content (AvgIpc) is 2.41. The molecule has 2 aromatic carbocycles. The van der Waals surface area contributed by atoms with Gasteiger partial charge in [-0.2, -0.15) is 0 Å². The molecule has 19 heavy (non-hydrogen) atoms. The van der Waals surface area contributed by atoms with E-state index in [1.54, 1.807) is 55.5 Å². The Balaban J connectivity index is 2.07. The van der Waals surface area contributed by atoms with Gasteiger partial charge in [-0.25, -0.2) is 0 Å². The van der Waals surface area contributed by atoms with E-state index < -0.39 is 6.10 Å². The molecule has 0 unspecified atom stereocenters. The zero-order chi connectivity index (χ0) is 13.8. The van der Waals surface area contributed by atoms with Gasteiger partial charge in [-0.1, -0.05) is 23.2 Å². The van der Waals surface area contributed by atoms with Crippen LogP contribution >= 0.6 is 23.2 Å². The van der Waals surface area contributed by atoms with Gasteiger partial charge in [-0.15, -0.1) is 0 Å². The van der Waals surface area contributed by atoms with Crippen molar-refractivity contribution in [1.29, 1.82) is 0 Å². The van der Waals surface area contributed by atoms with Crippen LogP contribution in [0.3, 0.4) is 0 Å². The standard InChI is InChI=1S/C15H12Cl2O2/c1-10(19-14-8-6-13(17)7-9-14)15(18)11-2-4-12(16)5-3-11/h2-10H,1H3/t10-/m0/s1. The number of carbonyl (C=O) groups is 1. The molecule has 0 saturated heterocycles. The Bertz CT molecular complexity index is 562. The van der Waals surface area contributed by atoms with Gasteiger partial charge < -0.3 is 4.74 Å². The molecule has 0 saturated carbocycles. The van der Waals surface area contributed by atoms with E-state index in [-0.39, 0.29) is 5.78 Å². The third-order valence-electron chi connectivity index (χ3n) is 2.62. The zero-order valence-corrected chi connectivity index (χ0v) is 11.8. The Morgan fingerprint density at radius 2 is 1.42 bits per heavy atom. The fourth-order valence-corrected chi connectivity index (χ4v) is 1.87. The number of ether oxygens (including phenoxy) is 1. The van der Waals surface area contributed by atoms with Gasteiger partial charge in [0.2, 0.25) is 5.78 Å². The largest absolute Gasteiger partial charge is 0.483 e. The molecule has 0 fully saturated rings. The molecule has 2 rings (SSSR count). The SMILES string of the molecule is C[C@H](Oc1ccc(Cl)cc1)C(=O)c1ccc(Cl)cc1. The van der Waals surface area contributed by atoms with Crippen molar-refractivity contribution in [2.45, 2.75) is 13.0 Å². The van der Waals surface area contributed by atoms with Gasteiger partial charge in [0.1, 0.15) is 5.75 Å². The summed E-state index contributed by atoms with van der Waals surface area (Å²) in [5, 5.41) is 1.23. The molecule has 0 aliphatic heterocycles. The minimum absolute atomic E-state index is 0.0911. The van der Waals surface area contributed by atoms with Gasteiger partial charge in [0, 0.05) is 15.6 Å². The van der Waals surface area contributed by atoms with Gasteiger partial charge in [0.05, 0.1) is 0 Å². The molecule has 98 valence electrons. The van der Waals surface area contributed by atoms with Crippen molar-refractivity contribution < 1.29 is 9.53 Å². The molecule has 0 amide bonds. The third kappa shape index (κ3) is 3.72. The Hall–Kier alpha value is -1.51. The van der Waals surface area contributed by atoms with Crippen molar-refractivity contribution in [2.75, 3.05) is 0 Å². The van der Waals surface area contributed by atoms with Crippen LogP contribution in [0.1, 0.15) is 17.3 Å². The van der Waals surface area contributed by atoms with Crippen molar-refractivity contribution in [3.05, 3.63) is 64.1 Å². The van der Waals surface area contributed by atoms with E-state index in [0.29, 0.717) is 21.4 Å². The van der Waals surface area contributed by atoms with Gasteiger partial charge in [-0.3, -0.25) is 4.79 Å². The molecule has 0 radical (unpaired) electrons. The lowest BCUT2D eigenvalue weighted by Crippen LogP contribution is -2.23. The van der Waals surface area contributed by atoms with Crippen LogP contribution in [-0.4, -0.2) is 11.9 Å². The van der Waals surface area contributed by atoms with Crippen molar-refractivity contribution in [3.8, 4) is 5.75 Å². The summed E-state index contributed by atoms with van der Waals surface area (Å²) in [5.41, 5.74) is 0.575. The lowest BCUT2D eigenvalue weighted by molar-refractivity contribution is 0.0818. The molecule has 0 aliphatic rings. The maximum absolute atomic E-state index is 12.1. The predicted octanol–water partition coefficient (Wildman–Crippen LogP) is 4.64. The van der Waals surface area contributed by atoms with E-state index in [2.05, 4.69) is 0 Å². The lowest BCUT2D eigenvalue weighted by atomic mass is 10.1. The Morgan fingerprint density at radius 3 is 1.95 bits per heavy atom. The molecule has 1 atom stereocenters. The number of benzene rings is 2. The summed E-state index contributed by atoms with van der Waals surface area (Å²) < 4.78 is 5.57. The molecule has 0 spiro atoms. The van der Waals surface area contributed by atoms with Gasteiger partial charge in [-0.05, 0) is 55.5 Å². The molecule has 0 aromatic heterocycles. The Kier molecular flexibility index (Phi) is 4.46. The van der Waals surface area contributed by atoms with E-state index in [0.717, 1.165) is 0 Å². The minimum Gasteiger partial charge on any atom is -0.483 e. The first-order valence-electron chi connectivity index (χ1n) is 5.78. The van der Waals surface area contributed by atoms with Crippen LogP contribution in [-0.2, 0) is 0 Å². The Morgan fingerprint density at radius 1 is 0.947 bits per heavy atom. The van der Waals surface area contributed by atoms with Crippen LogP contribution in [0.25, 0.3) is 0 Å². The summed E-state index contributed by atoms with van der Waals surface area (Å²) in [6.07, 6.45) is -0.567. The van der Waals surface area contributed by atoms with E-state index in [9.17, 15) is 4.79 Å². The summed E-state index contributed by atoms with van der Waals surface area (Å²) in [7, 11) is 0. The maximum atomic E-state index is 12.1. The predicted molar refractivity (Wildman–Crippen MR) is 77.3 cm³/mol. The number of carbonyl (C=O) groups excluding carboxylic acids is 1. The average molecular weight is 295 g/mol. The first-order chi connectivity index (χ1) is 9.06. The second kappa shape index (κ2) is 6.09. The maximum Gasteiger partial charge on any atom is 0.202 e. The molecule has 0 heterocycles. The third-order valence-corrected chi connectivity index (χ3v) is 3.13.